The van der Waals surface area contributed by atoms with Gasteiger partial charge >= 0.3 is 0 Å². The van der Waals surface area contributed by atoms with Crippen LogP contribution in [0.25, 0.3) is 11.0 Å². The minimum Gasteiger partial charge on any atom is -0.503 e. The first-order valence-electron chi connectivity index (χ1n) is 15.1. The molecule has 3 heterocycles. The number of fused-ring (bicyclic) bond motifs is 1. The minimum atomic E-state index is -0.886. The van der Waals surface area contributed by atoms with Gasteiger partial charge in [-0.25, -0.2) is 0 Å². The Kier molecular flexibility index (Phi) is 9.04. The number of ether oxygens (including phenoxy) is 4. The van der Waals surface area contributed by atoms with Gasteiger partial charge in [0.1, 0.15) is 6.61 Å². The molecule has 10 heteroatoms. The van der Waals surface area contributed by atoms with Crippen LogP contribution < -0.4 is 14.2 Å². The summed E-state index contributed by atoms with van der Waals surface area (Å²) in [6, 6.07) is 21.2. The van der Waals surface area contributed by atoms with E-state index in [1.54, 1.807) is 42.5 Å². The molecule has 0 saturated carbocycles. The summed E-state index contributed by atoms with van der Waals surface area (Å²) < 4.78 is 28.9. The fourth-order valence-electron chi connectivity index (χ4n) is 5.80. The summed E-state index contributed by atoms with van der Waals surface area (Å²) in [6.07, 6.45) is 0. The summed E-state index contributed by atoms with van der Waals surface area (Å²) in [4.78, 5) is 31.5. The van der Waals surface area contributed by atoms with Gasteiger partial charge in [0.15, 0.2) is 34.4 Å². The van der Waals surface area contributed by atoms with E-state index in [1.807, 2.05) is 37.3 Å². The van der Waals surface area contributed by atoms with E-state index < -0.39 is 23.5 Å². The van der Waals surface area contributed by atoms with Crippen LogP contribution in [0, 0.1) is 0 Å². The largest absolute Gasteiger partial charge is 0.503 e. The molecule has 1 unspecified atom stereocenters. The summed E-state index contributed by atoms with van der Waals surface area (Å²) >= 11 is 0. The third-order valence-corrected chi connectivity index (χ3v) is 8.08. The molecular formula is C35H36N2O8. The predicted octanol–water partition coefficient (Wildman–Crippen LogP) is 5.33. The number of rotatable bonds is 12. The van der Waals surface area contributed by atoms with Gasteiger partial charge in [0.05, 0.1) is 38.5 Å². The van der Waals surface area contributed by atoms with Crippen molar-refractivity contribution in [2.45, 2.75) is 19.6 Å². The van der Waals surface area contributed by atoms with Gasteiger partial charge in [-0.3, -0.25) is 14.5 Å². The number of nitrogens with zero attached hydrogens (tertiary/aromatic N) is 2. The number of hydrogen-bond donors (Lipinski definition) is 1. The third-order valence-electron chi connectivity index (χ3n) is 8.08. The summed E-state index contributed by atoms with van der Waals surface area (Å²) in [5.41, 5.74) is 1.96. The van der Waals surface area contributed by atoms with Crippen LogP contribution >= 0.6 is 0 Å². The van der Waals surface area contributed by atoms with Crippen LogP contribution in [-0.2, 0) is 16.1 Å². The molecule has 6 rings (SSSR count). The lowest BCUT2D eigenvalue weighted by Crippen LogP contribution is -2.43. The highest BCUT2D eigenvalue weighted by Crippen LogP contribution is 2.42. The molecule has 1 saturated heterocycles. The summed E-state index contributed by atoms with van der Waals surface area (Å²) in [5.74, 6) is -0.327. The average molecular weight is 613 g/mol. The molecule has 1 atom stereocenters. The van der Waals surface area contributed by atoms with Gasteiger partial charge in [0.2, 0.25) is 5.78 Å². The normalized spacial score (nSPS) is 17.2. The number of ketones is 1. The minimum absolute atomic E-state index is 0.00303. The highest BCUT2D eigenvalue weighted by molar-refractivity contribution is 6.16. The molecule has 0 aliphatic carbocycles. The fourth-order valence-corrected chi connectivity index (χ4v) is 5.80. The Bertz CT molecular complexity index is 1710. The van der Waals surface area contributed by atoms with E-state index in [0.717, 1.165) is 18.7 Å². The molecule has 10 nitrogen and oxygen atoms in total. The van der Waals surface area contributed by atoms with Gasteiger partial charge < -0.3 is 33.4 Å². The number of furan rings is 1. The second kappa shape index (κ2) is 13.5. The predicted molar refractivity (Wildman–Crippen MR) is 167 cm³/mol. The Morgan fingerprint density at radius 3 is 2.49 bits per heavy atom. The molecule has 1 fully saturated rings. The lowest BCUT2D eigenvalue weighted by molar-refractivity contribution is -0.129. The number of para-hydroxylation sites is 1. The van der Waals surface area contributed by atoms with E-state index >= 15 is 0 Å². The zero-order valence-electron chi connectivity index (χ0n) is 25.4. The number of Topliss-reactive ketones (excluding diaryl/α,β-unsaturated/α-hetero) is 1. The molecule has 3 aromatic carbocycles. The smallest absolute Gasteiger partial charge is 0.290 e. The molecule has 1 N–H and O–H groups in total. The zero-order chi connectivity index (χ0) is 31.3. The maximum atomic E-state index is 14.1. The number of aliphatic hydroxyl groups excluding tert-OH is 1. The van der Waals surface area contributed by atoms with Crippen molar-refractivity contribution in [2.75, 3.05) is 53.1 Å². The lowest BCUT2D eigenvalue weighted by atomic mass is 9.94. The van der Waals surface area contributed by atoms with Crippen LogP contribution in [0.1, 0.15) is 34.6 Å². The highest BCUT2D eigenvalue weighted by atomic mass is 16.5. The lowest BCUT2D eigenvalue weighted by Gasteiger charge is -2.31. The first-order valence-corrected chi connectivity index (χ1v) is 15.1. The van der Waals surface area contributed by atoms with Crippen molar-refractivity contribution in [2.24, 2.45) is 0 Å². The van der Waals surface area contributed by atoms with Crippen molar-refractivity contribution < 1.29 is 38.1 Å². The van der Waals surface area contributed by atoms with Gasteiger partial charge in [-0.15, -0.1) is 0 Å². The Balaban J connectivity index is 1.36. The monoisotopic (exact) mass is 612 g/mol. The SMILES string of the molecule is CCOc1cc(C2C(C(=O)c3cc4cccc(OC)c4o3)=C(O)C(=O)N2CCN2CCOCC2)ccc1OCc1ccccc1. The molecule has 0 radical (unpaired) electrons. The Morgan fingerprint density at radius 2 is 1.73 bits per heavy atom. The zero-order valence-corrected chi connectivity index (χ0v) is 25.4. The summed E-state index contributed by atoms with van der Waals surface area (Å²) in [6.45, 7) is 6.13. The van der Waals surface area contributed by atoms with Crippen LogP contribution in [0.15, 0.2) is 88.5 Å². The molecule has 234 valence electrons. The van der Waals surface area contributed by atoms with Crippen LogP contribution in [-0.4, -0.2) is 79.7 Å². The van der Waals surface area contributed by atoms with Crippen molar-refractivity contribution >= 4 is 22.7 Å². The van der Waals surface area contributed by atoms with Gasteiger partial charge in [0.25, 0.3) is 5.91 Å². The molecule has 0 spiro atoms. The molecule has 45 heavy (non-hydrogen) atoms. The van der Waals surface area contributed by atoms with Crippen molar-refractivity contribution in [1.82, 2.24) is 9.80 Å². The van der Waals surface area contributed by atoms with Crippen LogP contribution in [0.2, 0.25) is 0 Å². The fraction of sp³-hybridized carbons (Fsp3) is 0.314. The van der Waals surface area contributed by atoms with E-state index in [2.05, 4.69) is 4.90 Å². The number of hydrogen-bond acceptors (Lipinski definition) is 9. The molecule has 4 aromatic rings. The van der Waals surface area contributed by atoms with E-state index in [0.29, 0.717) is 66.8 Å². The maximum Gasteiger partial charge on any atom is 0.290 e. The maximum absolute atomic E-state index is 14.1. The van der Waals surface area contributed by atoms with E-state index in [1.165, 1.54) is 12.0 Å². The third kappa shape index (κ3) is 6.25. The molecule has 1 aromatic heterocycles. The number of carbonyl (C=O) groups is 2. The quantitative estimate of drug-likeness (QED) is 0.212. The van der Waals surface area contributed by atoms with E-state index in [9.17, 15) is 14.7 Å². The van der Waals surface area contributed by atoms with Gasteiger partial charge in [-0.05, 0) is 42.3 Å². The molecule has 0 bridgehead atoms. The number of methoxy groups -OCH3 is 1. The standard InChI is InChI=1S/C35H36N2O8/c1-3-43-28-20-24(12-13-26(28)44-22-23-8-5-4-6-9-23)31-30(32(38)29-21-25-10-7-11-27(41-2)34(25)45-29)33(39)35(40)37(31)15-14-36-16-18-42-19-17-36/h4-13,20-21,31,39H,3,14-19,22H2,1-2H3. The second-order valence-corrected chi connectivity index (χ2v) is 10.8. The average Bonchev–Trinajstić information content (AvgIpc) is 3.62. The van der Waals surface area contributed by atoms with Crippen LogP contribution in [0.3, 0.4) is 0 Å². The molecule has 1 amide bonds. The second-order valence-electron chi connectivity index (χ2n) is 10.8. The van der Waals surface area contributed by atoms with Crippen LogP contribution in [0.4, 0.5) is 0 Å². The summed E-state index contributed by atoms with van der Waals surface area (Å²) in [5, 5.41) is 11.9. The van der Waals surface area contributed by atoms with Crippen molar-refractivity contribution in [3.8, 4) is 17.2 Å². The number of aliphatic hydroxyl groups is 1. The molecular weight excluding hydrogens is 576 g/mol. The van der Waals surface area contributed by atoms with E-state index in [-0.39, 0.29) is 17.9 Å². The molecule has 2 aliphatic heterocycles. The van der Waals surface area contributed by atoms with Gasteiger partial charge in [0, 0.05) is 31.6 Å². The first kappa shape index (κ1) is 30.2. The number of benzene rings is 3. The van der Waals surface area contributed by atoms with Crippen LogP contribution in [0.5, 0.6) is 17.2 Å². The van der Waals surface area contributed by atoms with Gasteiger partial charge in [-0.2, -0.15) is 0 Å². The highest BCUT2D eigenvalue weighted by Gasteiger charge is 2.45. The number of morpholine rings is 1. The first-order chi connectivity index (χ1) is 22.0. The Hall–Kier alpha value is -4.80. The topological polar surface area (TPSA) is 111 Å². The Morgan fingerprint density at radius 1 is 0.933 bits per heavy atom. The van der Waals surface area contributed by atoms with Crippen molar-refractivity contribution in [3.63, 3.8) is 0 Å². The summed E-state index contributed by atoms with van der Waals surface area (Å²) in [7, 11) is 1.52. The van der Waals surface area contributed by atoms with Crippen molar-refractivity contribution in [1.29, 1.82) is 0 Å². The number of amides is 1. The van der Waals surface area contributed by atoms with E-state index in [4.69, 9.17) is 23.4 Å². The van der Waals surface area contributed by atoms with Gasteiger partial charge in [-0.1, -0.05) is 48.5 Å². The van der Waals surface area contributed by atoms with Crippen molar-refractivity contribution in [3.05, 3.63) is 101 Å². The Labute approximate surface area is 261 Å². The number of carbonyl (C=O) groups excluding carboxylic acids is 2. The molecule has 2 aliphatic rings.